The lowest BCUT2D eigenvalue weighted by molar-refractivity contribution is -0.0698. The molecule has 3 rings (SSSR count). The first-order valence-corrected chi connectivity index (χ1v) is 10.2. The summed E-state index contributed by atoms with van der Waals surface area (Å²) in [6.45, 7) is 3.76. The number of amidine groups is 1. The number of benzene rings is 1. The van der Waals surface area contributed by atoms with Crippen LogP contribution in [0.15, 0.2) is 22.6 Å². The van der Waals surface area contributed by atoms with Crippen molar-refractivity contribution in [2.24, 2.45) is 10.1 Å². The number of ether oxygens (including phenoxy) is 1. The van der Waals surface area contributed by atoms with Crippen LogP contribution >= 0.6 is 0 Å². The SMILES string of the molecule is CCNC(O)N1CCCCC1COc1cccc2c1C(N)=NS(=O)(=O)N2. The second-order valence-electron chi connectivity index (χ2n) is 6.36. The molecule has 0 radical (unpaired) electrons. The lowest BCUT2D eigenvalue weighted by Crippen LogP contribution is -2.54. The zero-order valence-electron chi connectivity index (χ0n) is 14.7. The van der Waals surface area contributed by atoms with Crippen LogP contribution in [0, 0.1) is 0 Å². The Hall–Kier alpha value is -1.88. The molecule has 0 aliphatic carbocycles. The van der Waals surface area contributed by atoms with Crippen molar-refractivity contribution in [3.8, 4) is 5.75 Å². The Morgan fingerprint density at radius 3 is 3.08 bits per heavy atom. The number of nitrogens with two attached hydrogens (primary N) is 1. The highest BCUT2D eigenvalue weighted by Crippen LogP contribution is 2.31. The van der Waals surface area contributed by atoms with Crippen molar-refractivity contribution in [1.82, 2.24) is 10.2 Å². The Morgan fingerprint density at radius 1 is 1.50 bits per heavy atom. The summed E-state index contributed by atoms with van der Waals surface area (Å²) < 4.78 is 35.1. The predicted octanol–water partition coefficient (Wildman–Crippen LogP) is 0.181. The first-order valence-electron chi connectivity index (χ1n) is 8.73. The van der Waals surface area contributed by atoms with Crippen molar-refractivity contribution in [1.29, 1.82) is 0 Å². The van der Waals surface area contributed by atoms with E-state index in [1.165, 1.54) is 0 Å². The third-order valence-corrected chi connectivity index (χ3v) is 5.46. The highest BCUT2D eigenvalue weighted by molar-refractivity contribution is 7.91. The van der Waals surface area contributed by atoms with Crippen LogP contribution in [-0.2, 0) is 10.2 Å². The lowest BCUT2D eigenvalue weighted by atomic mass is 10.0. The molecule has 2 atom stereocenters. The molecule has 10 heteroatoms. The fourth-order valence-corrected chi connectivity index (χ4v) is 4.19. The molecule has 0 aromatic heterocycles. The number of nitrogens with one attached hydrogen (secondary N) is 2. The normalized spacial score (nSPS) is 23.5. The molecule has 0 bridgehead atoms. The summed E-state index contributed by atoms with van der Waals surface area (Å²) in [6.07, 6.45) is 2.30. The number of aliphatic hydroxyl groups is 1. The molecule has 26 heavy (non-hydrogen) atoms. The van der Waals surface area contributed by atoms with Crippen LogP contribution in [0.1, 0.15) is 31.7 Å². The van der Waals surface area contributed by atoms with E-state index in [0.717, 1.165) is 25.8 Å². The van der Waals surface area contributed by atoms with Crippen molar-refractivity contribution >= 4 is 21.7 Å². The van der Waals surface area contributed by atoms with Crippen molar-refractivity contribution in [2.75, 3.05) is 24.4 Å². The van der Waals surface area contributed by atoms with Crippen molar-refractivity contribution < 1.29 is 18.3 Å². The maximum absolute atomic E-state index is 11.7. The zero-order valence-corrected chi connectivity index (χ0v) is 15.5. The number of hydrogen-bond acceptors (Lipinski definition) is 7. The van der Waals surface area contributed by atoms with E-state index in [-0.39, 0.29) is 11.9 Å². The molecule has 9 nitrogen and oxygen atoms in total. The Balaban J connectivity index is 1.76. The van der Waals surface area contributed by atoms with Gasteiger partial charge in [-0.3, -0.25) is 14.9 Å². The second kappa shape index (κ2) is 7.78. The van der Waals surface area contributed by atoms with E-state index in [9.17, 15) is 13.5 Å². The van der Waals surface area contributed by atoms with Crippen LogP contribution in [0.5, 0.6) is 5.75 Å². The highest BCUT2D eigenvalue weighted by Gasteiger charge is 2.29. The van der Waals surface area contributed by atoms with Crippen LogP contribution in [0.4, 0.5) is 5.69 Å². The van der Waals surface area contributed by atoms with Crippen molar-refractivity contribution in [3.05, 3.63) is 23.8 Å². The molecular weight excluding hydrogens is 358 g/mol. The van der Waals surface area contributed by atoms with Crippen molar-refractivity contribution in [3.63, 3.8) is 0 Å². The molecule has 1 saturated heterocycles. The summed E-state index contributed by atoms with van der Waals surface area (Å²) >= 11 is 0. The molecule has 0 saturated carbocycles. The molecule has 2 aliphatic rings. The van der Waals surface area contributed by atoms with Gasteiger partial charge in [0.15, 0.2) is 12.2 Å². The van der Waals surface area contributed by atoms with E-state index in [1.807, 2.05) is 11.8 Å². The van der Waals surface area contributed by atoms with Gasteiger partial charge >= 0.3 is 10.2 Å². The smallest absolute Gasteiger partial charge is 0.344 e. The minimum absolute atomic E-state index is 0.0482. The average Bonchev–Trinajstić information content (AvgIpc) is 2.59. The molecule has 1 aromatic rings. The minimum atomic E-state index is -3.82. The summed E-state index contributed by atoms with van der Waals surface area (Å²) in [5, 5.41) is 13.3. The van der Waals surface area contributed by atoms with Gasteiger partial charge in [0, 0.05) is 12.6 Å². The van der Waals surface area contributed by atoms with Gasteiger partial charge in [-0.1, -0.05) is 19.4 Å². The Morgan fingerprint density at radius 2 is 2.31 bits per heavy atom. The Labute approximate surface area is 153 Å². The quantitative estimate of drug-likeness (QED) is 0.516. The number of hydrogen-bond donors (Lipinski definition) is 4. The molecule has 0 spiro atoms. The molecule has 2 unspecified atom stereocenters. The minimum Gasteiger partial charge on any atom is -0.491 e. The number of nitrogens with zero attached hydrogens (tertiary/aromatic N) is 2. The number of anilines is 1. The standard InChI is InChI=1S/C16H25N5O4S/c1-2-18-16(22)21-9-4-3-6-11(21)10-25-13-8-5-7-12-14(13)15(17)20-26(23,24)19-12/h5,7-8,11,16,18-19,22H,2-4,6,9-10H2,1H3,(H2,17,20). The number of fused-ring (bicyclic) bond motifs is 1. The fraction of sp³-hybridized carbons (Fsp3) is 0.562. The largest absolute Gasteiger partial charge is 0.491 e. The molecule has 0 amide bonds. The van der Waals surface area contributed by atoms with E-state index >= 15 is 0 Å². The zero-order chi connectivity index (χ0) is 18.7. The number of rotatable bonds is 6. The summed E-state index contributed by atoms with van der Waals surface area (Å²) in [6, 6.07) is 5.09. The van der Waals surface area contributed by atoms with Crippen LogP contribution < -0.4 is 20.5 Å². The van der Waals surface area contributed by atoms with Gasteiger partial charge in [0.25, 0.3) is 0 Å². The number of piperidine rings is 1. The van der Waals surface area contributed by atoms with Gasteiger partial charge in [0.2, 0.25) is 0 Å². The van der Waals surface area contributed by atoms with E-state index in [1.54, 1.807) is 18.2 Å². The second-order valence-corrected chi connectivity index (χ2v) is 7.70. The van der Waals surface area contributed by atoms with Gasteiger partial charge in [0.1, 0.15) is 12.4 Å². The van der Waals surface area contributed by atoms with Gasteiger partial charge in [-0.2, -0.15) is 8.42 Å². The topological polar surface area (TPSA) is 129 Å². The number of likely N-dealkylation sites (tertiary alicyclic amines) is 1. The van der Waals surface area contributed by atoms with E-state index in [2.05, 4.69) is 14.4 Å². The molecular formula is C16H25N5O4S. The summed E-state index contributed by atoms with van der Waals surface area (Å²) in [5.41, 5.74) is 6.63. The van der Waals surface area contributed by atoms with E-state index in [4.69, 9.17) is 10.5 Å². The maximum atomic E-state index is 11.7. The first-order chi connectivity index (χ1) is 12.4. The molecule has 144 valence electrons. The molecule has 2 aliphatic heterocycles. The molecule has 1 aromatic carbocycles. The van der Waals surface area contributed by atoms with Gasteiger partial charge in [-0.05, 0) is 31.5 Å². The van der Waals surface area contributed by atoms with Crippen LogP contribution in [0.3, 0.4) is 0 Å². The van der Waals surface area contributed by atoms with Gasteiger partial charge < -0.3 is 15.6 Å². The highest BCUT2D eigenvalue weighted by atomic mass is 32.2. The van der Waals surface area contributed by atoms with Gasteiger partial charge in [-0.25, -0.2) is 0 Å². The Bertz CT molecular complexity index is 783. The summed E-state index contributed by atoms with van der Waals surface area (Å²) in [5.74, 6) is 0.372. The van der Waals surface area contributed by atoms with E-state index in [0.29, 0.717) is 30.2 Å². The fourth-order valence-electron chi connectivity index (χ4n) is 3.35. The average molecular weight is 383 g/mol. The maximum Gasteiger partial charge on any atom is 0.344 e. The number of aliphatic hydroxyl groups excluding tert-OH is 1. The molecule has 2 heterocycles. The van der Waals surface area contributed by atoms with Crippen LogP contribution in [-0.4, -0.2) is 56.3 Å². The van der Waals surface area contributed by atoms with Gasteiger partial charge in [-0.15, -0.1) is 4.40 Å². The third kappa shape index (κ3) is 4.09. The van der Waals surface area contributed by atoms with Crippen LogP contribution in [0.2, 0.25) is 0 Å². The molecule has 1 fully saturated rings. The lowest BCUT2D eigenvalue weighted by Gasteiger charge is -2.38. The van der Waals surface area contributed by atoms with Crippen molar-refractivity contribution in [2.45, 2.75) is 38.6 Å². The monoisotopic (exact) mass is 383 g/mol. The Kier molecular flexibility index (Phi) is 5.66. The molecule has 5 N–H and O–H groups in total. The van der Waals surface area contributed by atoms with Crippen LogP contribution in [0.25, 0.3) is 0 Å². The van der Waals surface area contributed by atoms with Gasteiger partial charge in [0.05, 0.1) is 11.3 Å². The third-order valence-electron chi connectivity index (χ3n) is 4.54. The summed E-state index contributed by atoms with van der Waals surface area (Å²) in [7, 11) is -3.82. The summed E-state index contributed by atoms with van der Waals surface area (Å²) in [4.78, 5) is 1.99. The first kappa shape index (κ1) is 18.9. The van der Waals surface area contributed by atoms with E-state index < -0.39 is 16.6 Å². The predicted molar refractivity (Wildman–Crippen MR) is 99.2 cm³/mol.